The maximum absolute atomic E-state index is 6.97. The number of hydrogen-bond acceptors (Lipinski definition) is 2. The Morgan fingerprint density at radius 3 is 1.73 bits per heavy atom. The highest BCUT2D eigenvalue weighted by molar-refractivity contribution is 6.28. The fourth-order valence-electron chi connectivity index (χ4n) is 9.65. The largest absolute Gasteiger partial charge is 0.456 e. The average Bonchev–Trinajstić information content (AvgIpc) is 3.63. The summed E-state index contributed by atoms with van der Waals surface area (Å²) in [6, 6.07) is 66.1. The Balaban J connectivity index is 1.01. The van der Waals surface area contributed by atoms with Crippen molar-refractivity contribution in [1.29, 1.82) is 0 Å². The maximum Gasteiger partial charge on any atom is 0.143 e. The van der Waals surface area contributed by atoms with E-state index in [1.165, 1.54) is 70.7 Å². The summed E-state index contributed by atoms with van der Waals surface area (Å²) in [7, 11) is 0. The first-order valence-corrected chi connectivity index (χ1v) is 19.2. The Bertz CT molecular complexity index is 3590. The van der Waals surface area contributed by atoms with Gasteiger partial charge in [0, 0.05) is 27.3 Å². The molecule has 56 heavy (non-hydrogen) atoms. The third-order valence-electron chi connectivity index (χ3n) is 12.2. The smallest absolute Gasteiger partial charge is 0.143 e. The standard InChI is InChI=1S/C54H30O2/c1-2-8-37-30-49-46(29-36(37)7-1)53-45(40-23-21-35-20-19-33-9-5-10-34-22-24-44(40)51(35)50(33)34)26-25-39(54(53)56-49)32-17-15-31(16-18-32)38-27-28-48-52-42(38)12-6-13-43(52)41-11-3-4-14-47(41)55-48/h1-30H. The molecular formula is C54H30O2. The molecule has 0 fully saturated rings. The molecule has 0 aliphatic carbocycles. The average molecular weight is 711 g/mol. The van der Waals surface area contributed by atoms with Crippen LogP contribution in [0.15, 0.2) is 186 Å². The molecular weight excluding hydrogens is 681 g/mol. The van der Waals surface area contributed by atoms with Gasteiger partial charge >= 0.3 is 0 Å². The van der Waals surface area contributed by atoms with Gasteiger partial charge in [0.2, 0.25) is 0 Å². The minimum Gasteiger partial charge on any atom is -0.456 e. The van der Waals surface area contributed by atoms with Crippen molar-refractivity contribution in [3.63, 3.8) is 0 Å². The molecule has 1 aliphatic rings. The number of rotatable bonds is 3. The highest BCUT2D eigenvalue weighted by Crippen LogP contribution is 2.50. The molecule has 0 saturated heterocycles. The minimum atomic E-state index is 0.898. The third kappa shape index (κ3) is 4.10. The molecule has 258 valence electrons. The molecule has 0 spiro atoms. The van der Waals surface area contributed by atoms with Crippen molar-refractivity contribution in [1.82, 2.24) is 0 Å². The molecule has 12 aromatic rings. The number of fused-ring (bicyclic) bond motifs is 6. The van der Waals surface area contributed by atoms with E-state index in [4.69, 9.17) is 9.15 Å². The van der Waals surface area contributed by atoms with E-state index in [0.717, 1.165) is 61.1 Å². The Morgan fingerprint density at radius 2 is 0.875 bits per heavy atom. The van der Waals surface area contributed by atoms with Crippen LogP contribution in [0.3, 0.4) is 0 Å². The lowest BCUT2D eigenvalue weighted by Crippen LogP contribution is -1.97. The van der Waals surface area contributed by atoms with Crippen LogP contribution >= 0.6 is 0 Å². The molecule has 1 aromatic heterocycles. The van der Waals surface area contributed by atoms with Crippen LogP contribution in [0, 0.1) is 0 Å². The molecule has 2 nitrogen and oxygen atoms in total. The summed E-state index contributed by atoms with van der Waals surface area (Å²) in [6.45, 7) is 0. The van der Waals surface area contributed by atoms with Gasteiger partial charge in [-0.2, -0.15) is 0 Å². The van der Waals surface area contributed by atoms with Crippen LogP contribution in [0.5, 0.6) is 11.5 Å². The van der Waals surface area contributed by atoms with E-state index in [0.29, 0.717) is 0 Å². The number of para-hydroxylation sites is 1. The highest BCUT2D eigenvalue weighted by Gasteiger charge is 2.23. The monoisotopic (exact) mass is 710 g/mol. The van der Waals surface area contributed by atoms with Gasteiger partial charge in [-0.3, -0.25) is 0 Å². The second-order valence-corrected chi connectivity index (χ2v) is 15.1. The molecule has 2 heteroatoms. The number of hydrogen-bond donors (Lipinski definition) is 0. The van der Waals surface area contributed by atoms with Crippen molar-refractivity contribution in [2.45, 2.75) is 0 Å². The van der Waals surface area contributed by atoms with Gasteiger partial charge < -0.3 is 9.15 Å². The van der Waals surface area contributed by atoms with E-state index in [1.54, 1.807) is 0 Å². The van der Waals surface area contributed by atoms with Gasteiger partial charge in [-0.1, -0.05) is 152 Å². The van der Waals surface area contributed by atoms with Crippen LogP contribution < -0.4 is 4.74 Å². The summed E-state index contributed by atoms with van der Waals surface area (Å²) in [5.41, 5.74) is 11.1. The van der Waals surface area contributed by atoms with Crippen molar-refractivity contribution in [2.24, 2.45) is 0 Å². The summed E-state index contributed by atoms with van der Waals surface area (Å²) in [5.74, 6) is 1.80. The van der Waals surface area contributed by atoms with E-state index in [2.05, 4.69) is 170 Å². The summed E-state index contributed by atoms with van der Waals surface area (Å²) < 4.78 is 13.4. The van der Waals surface area contributed by atoms with Crippen LogP contribution in [0.4, 0.5) is 0 Å². The number of benzene rings is 11. The van der Waals surface area contributed by atoms with Gasteiger partial charge in [0.15, 0.2) is 0 Å². The molecule has 0 saturated carbocycles. The van der Waals surface area contributed by atoms with Crippen LogP contribution in [0.1, 0.15) is 0 Å². The third-order valence-corrected chi connectivity index (χ3v) is 12.2. The molecule has 0 unspecified atom stereocenters. The quantitative estimate of drug-likeness (QED) is 0.170. The molecule has 0 atom stereocenters. The molecule has 0 amide bonds. The lowest BCUT2D eigenvalue weighted by molar-refractivity contribution is 0.487. The predicted octanol–water partition coefficient (Wildman–Crippen LogP) is 15.6. The summed E-state index contributed by atoms with van der Waals surface area (Å²) in [5, 5.41) is 14.7. The van der Waals surface area contributed by atoms with Crippen molar-refractivity contribution >= 4 is 75.8 Å². The number of ether oxygens (including phenoxy) is 1. The first kappa shape index (κ1) is 30.0. The maximum atomic E-state index is 6.97. The molecule has 13 rings (SSSR count). The molecule has 1 aliphatic heterocycles. The van der Waals surface area contributed by atoms with E-state index in [9.17, 15) is 0 Å². The first-order chi connectivity index (χ1) is 27.7. The van der Waals surface area contributed by atoms with Crippen molar-refractivity contribution < 1.29 is 9.15 Å². The van der Waals surface area contributed by atoms with Crippen molar-refractivity contribution in [3.05, 3.63) is 182 Å². The van der Waals surface area contributed by atoms with Crippen LogP contribution in [-0.2, 0) is 0 Å². The van der Waals surface area contributed by atoms with Gasteiger partial charge in [-0.25, -0.2) is 0 Å². The topological polar surface area (TPSA) is 22.4 Å². The second kappa shape index (κ2) is 11.1. The summed E-state index contributed by atoms with van der Waals surface area (Å²) in [4.78, 5) is 0. The highest BCUT2D eigenvalue weighted by atomic mass is 16.5. The van der Waals surface area contributed by atoms with Gasteiger partial charge in [0.25, 0.3) is 0 Å². The second-order valence-electron chi connectivity index (χ2n) is 15.1. The molecule has 0 radical (unpaired) electrons. The lowest BCUT2D eigenvalue weighted by Gasteiger charge is -2.22. The van der Waals surface area contributed by atoms with E-state index in [1.807, 2.05) is 12.1 Å². The molecule has 0 N–H and O–H groups in total. The van der Waals surface area contributed by atoms with Crippen LogP contribution in [0.2, 0.25) is 0 Å². The summed E-state index contributed by atoms with van der Waals surface area (Å²) in [6.07, 6.45) is 0. The Morgan fingerprint density at radius 1 is 0.286 bits per heavy atom. The van der Waals surface area contributed by atoms with Crippen molar-refractivity contribution in [3.8, 4) is 56.0 Å². The van der Waals surface area contributed by atoms with E-state index in [-0.39, 0.29) is 0 Å². The number of furan rings is 1. The fraction of sp³-hybridized carbons (Fsp3) is 0. The first-order valence-electron chi connectivity index (χ1n) is 19.2. The lowest BCUT2D eigenvalue weighted by atomic mass is 9.87. The summed E-state index contributed by atoms with van der Waals surface area (Å²) >= 11 is 0. The molecule has 2 heterocycles. The van der Waals surface area contributed by atoms with E-state index < -0.39 is 0 Å². The van der Waals surface area contributed by atoms with Gasteiger partial charge in [-0.15, -0.1) is 0 Å². The normalized spacial score (nSPS) is 12.4. The van der Waals surface area contributed by atoms with Gasteiger partial charge in [0.05, 0.1) is 0 Å². The van der Waals surface area contributed by atoms with Gasteiger partial charge in [-0.05, 0) is 112 Å². The van der Waals surface area contributed by atoms with E-state index >= 15 is 0 Å². The Labute approximate surface area is 321 Å². The zero-order valence-electron chi connectivity index (χ0n) is 30.1. The molecule has 0 bridgehead atoms. The zero-order valence-corrected chi connectivity index (χ0v) is 30.1. The SMILES string of the molecule is c1ccc2c(c1)Oc1ccc(-c3ccc(-c4ccc(-c5ccc6ccc7cccc8ccc5c6c78)c5c4oc4cc6ccccc6cc45)cc3)c3cccc-2c13. The minimum absolute atomic E-state index is 0.898. The zero-order chi connectivity index (χ0) is 36.5. The predicted molar refractivity (Wildman–Crippen MR) is 234 cm³/mol. The van der Waals surface area contributed by atoms with Crippen LogP contribution in [-0.4, -0.2) is 0 Å². The molecule has 11 aromatic carbocycles. The Kier molecular flexibility index (Phi) is 5.92. The van der Waals surface area contributed by atoms with Crippen molar-refractivity contribution in [2.75, 3.05) is 0 Å². The van der Waals surface area contributed by atoms with Crippen LogP contribution in [0.25, 0.3) is 120 Å². The fourth-order valence-corrected chi connectivity index (χ4v) is 9.65. The Hall–Kier alpha value is -7.42. The van der Waals surface area contributed by atoms with Gasteiger partial charge in [0.1, 0.15) is 22.7 Å².